The lowest BCUT2D eigenvalue weighted by Gasteiger charge is -2.23. The Kier molecular flexibility index (Phi) is 7.53. The number of carbonyl (C=O) groups excluding carboxylic acids is 1. The molecule has 0 aromatic heterocycles. The Hall–Kier alpha value is -3.23. The van der Waals surface area contributed by atoms with E-state index in [2.05, 4.69) is 0 Å². The van der Waals surface area contributed by atoms with E-state index in [9.17, 15) is 14.9 Å². The largest absolute Gasteiger partial charge is 0.494 e. The Bertz CT molecular complexity index is 902. The van der Waals surface area contributed by atoms with Crippen molar-refractivity contribution >= 4 is 17.7 Å². The topological polar surface area (TPSA) is 97.1 Å². The zero-order valence-electron chi connectivity index (χ0n) is 16.6. The van der Waals surface area contributed by atoms with E-state index < -0.39 is 17.2 Å². The minimum absolute atomic E-state index is 0.141. The third-order valence-corrected chi connectivity index (χ3v) is 4.25. The molecule has 2 aromatic carbocycles. The van der Waals surface area contributed by atoms with Gasteiger partial charge in [-0.15, -0.1) is 0 Å². The molecule has 0 unspecified atom stereocenters. The summed E-state index contributed by atoms with van der Waals surface area (Å²) in [6, 6.07) is 11.5. The number of nitro groups is 1. The number of rotatable bonds is 8. The number of hydrogen-bond acceptors (Lipinski definition) is 7. The maximum atomic E-state index is 12.1. The van der Waals surface area contributed by atoms with Crippen LogP contribution in [0.1, 0.15) is 37.2 Å². The van der Waals surface area contributed by atoms with Crippen LogP contribution < -0.4 is 9.47 Å². The van der Waals surface area contributed by atoms with Gasteiger partial charge < -0.3 is 18.9 Å². The fourth-order valence-electron chi connectivity index (χ4n) is 2.79. The Morgan fingerprint density at radius 1 is 1.20 bits per heavy atom. The molecule has 0 bridgehead atoms. The molecular formula is C22H23NO7. The molecule has 8 heteroatoms. The van der Waals surface area contributed by atoms with Crippen LogP contribution in [-0.2, 0) is 14.3 Å². The molecule has 0 atom stereocenters. The molecule has 158 valence electrons. The van der Waals surface area contributed by atoms with Gasteiger partial charge in [-0.25, -0.2) is 4.79 Å². The molecule has 0 saturated carbocycles. The van der Waals surface area contributed by atoms with Crippen LogP contribution >= 0.6 is 0 Å². The summed E-state index contributed by atoms with van der Waals surface area (Å²) >= 11 is 0. The predicted molar refractivity (Wildman–Crippen MR) is 109 cm³/mol. The molecule has 8 nitrogen and oxygen atoms in total. The molecule has 1 aliphatic heterocycles. The molecule has 0 N–H and O–H groups in total. The van der Waals surface area contributed by atoms with E-state index in [4.69, 9.17) is 18.9 Å². The Labute approximate surface area is 174 Å². The van der Waals surface area contributed by atoms with Gasteiger partial charge in [0.1, 0.15) is 5.75 Å². The van der Waals surface area contributed by atoms with Crippen molar-refractivity contribution in [1.82, 2.24) is 0 Å². The van der Waals surface area contributed by atoms with Crippen LogP contribution in [0.3, 0.4) is 0 Å². The van der Waals surface area contributed by atoms with Gasteiger partial charge >= 0.3 is 11.7 Å². The van der Waals surface area contributed by atoms with Gasteiger partial charge in [0.25, 0.3) is 0 Å². The van der Waals surface area contributed by atoms with Gasteiger partial charge in [0, 0.05) is 17.7 Å². The quantitative estimate of drug-likeness (QED) is 0.207. The Morgan fingerprint density at radius 3 is 2.60 bits per heavy atom. The average molecular weight is 413 g/mol. The van der Waals surface area contributed by atoms with E-state index in [1.54, 1.807) is 36.4 Å². The summed E-state index contributed by atoms with van der Waals surface area (Å²) in [5.41, 5.74) is 0.943. The van der Waals surface area contributed by atoms with Crippen molar-refractivity contribution in [2.24, 2.45) is 0 Å². The summed E-state index contributed by atoms with van der Waals surface area (Å²) in [5.74, 6) is -0.113. The Balaban J connectivity index is 1.66. The molecule has 30 heavy (non-hydrogen) atoms. The molecule has 1 fully saturated rings. The number of nitrogens with zero attached hydrogens (tertiary/aromatic N) is 1. The summed E-state index contributed by atoms with van der Waals surface area (Å²) in [5, 5.41) is 11.4. The summed E-state index contributed by atoms with van der Waals surface area (Å²) in [6.45, 7) is 3.70. The van der Waals surface area contributed by atoms with Crippen LogP contribution in [0.25, 0.3) is 6.08 Å². The number of hydrogen-bond donors (Lipinski definition) is 0. The molecule has 0 spiro atoms. The minimum atomic E-state index is -0.720. The normalized spacial score (nSPS) is 14.6. The smallest absolute Gasteiger partial charge is 0.336 e. The third kappa shape index (κ3) is 5.88. The van der Waals surface area contributed by atoms with Crippen LogP contribution in [0.5, 0.6) is 11.5 Å². The van der Waals surface area contributed by atoms with E-state index in [-0.39, 0.29) is 11.4 Å². The first-order valence-corrected chi connectivity index (χ1v) is 9.71. The summed E-state index contributed by atoms with van der Waals surface area (Å²) in [7, 11) is 0. The molecule has 1 heterocycles. The van der Waals surface area contributed by atoms with E-state index in [1.807, 2.05) is 6.92 Å². The van der Waals surface area contributed by atoms with Crippen LogP contribution in [-0.4, -0.2) is 30.7 Å². The molecule has 1 aliphatic rings. The summed E-state index contributed by atoms with van der Waals surface area (Å²) < 4.78 is 21.6. The van der Waals surface area contributed by atoms with Crippen molar-refractivity contribution in [2.75, 3.05) is 19.8 Å². The second-order valence-electron chi connectivity index (χ2n) is 6.58. The van der Waals surface area contributed by atoms with Crippen molar-refractivity contribution in [2.45, 2.75) is 26.1 Å². The number of carbonyl (C=O) groups is 1. The fourth-order valence-corrected chi connectivity index (χ4v) is 2.79. The first kappa shape index (κ1) is 21.5. The highest BCUT2D eigenvalue weighted by molar-refractivity contribution is 5.89. The highest BCUT2D eigenvalue weighted by Gasteiger charge is 2.23. The Morgan fingerprint density at radius 2 is 1.93 bits per heavy atom. The maximum absolute atomic E-state index is 12.1. The number of nitro benzene ring substituents is 1. The van der Waals surface area contributed by atoms with E-state index in [0.29, 0.717) is 25.4 Å². The monoisotopic (exact) mass is 413 g/mol. The first-order chi connectivity index (χ1) is 14.6. The van der Waals surface area contributed by atoms with Crippen LogP contribution in [0.4, 0.5) is 5.69 Å². The van der Waals surface area contributed by atoms with Crippen molar-refractivity contribution < 1.29 is 28.7 Å². The zero-order valence-corrected chi connectivity index (χ0v) is 16.6. The second-order valence-corrected chi connectivity index (χ2v) is 6.58. The molecular weight excluding hydrogens is 390 g/mol. The second kappa shape index (κ2) is 10.5. The highest BCUT2D eigenvalue weighted by atomic mass is 16.7. The van der Waals surface area contributed by atoms with Crippen LogP contribution in [0.15, 0.2) is 48.5 Å². The van der Waals surface area contributed by atoms with E-state index >= 15 is 0 Å². The highest BCUT2D eigenvalue weighted by Crippen LogP contribution is 2.33. The van der Waals surface area contributed by atoms with Gasteiger partial charge in [0.15, 0.2) is 6.29 Å². The third-order valence-electron chi connectivity index (χ3n) is 4.25. The molecule has 0 radical (unpaired) electrons. The molecule has 0 aliphatic carbocycles. The van der Waals surface area contributed by atoms with Crippen molar-refractivity contribution in [3.8, 4) is 11.5 Å². The lowest BCUT2D eigenvalue weighted by molar-refractivity contribution is -0.385. The number of benzene rings is 2. The molecule has 3 rings (SSSR count). The maximum Gasteiger partial charge on any atom is 0.336 e. The lowest BCUT2D eigenvalue weighted by Crippen LogP contribution is -2.18. The average Bonchev–Trinajstić information content (AvgIpc) is 2.77. The van der Waals surface area contributed by atoms with Gasteiger partial charge in [-0.05, 0) is 48.7 Å². The molecule has 1 saturated heterocycles. The minimum Gasteiger partial charge on any atom is -0.494 e. The van der Waals surface area contributed by atoms with Crippen molar-refractivity contribution in [3.63, 3.8) is 0 Å². The van der Waals surface area contributed by atoms with Gasteiger partial charge in [-0.3, -0.25) is 10.1 Å². The number of esters is 1. The zero-order chi connectivity index (χ0) is 21.3. The van der Waals surface area contributed by atoms with Crippen LogP contribution in [0, 0.1) is 10.1 Å². The van der Waals surface area contributed by atoms with E-state index in [0.717, 1.165) is 24.2 Å². The van der Waals surface area contributed by atoms with Gasteiger partial charge in [-0.1, -0.05) is 19.1 Å². The van der Waals surface area contributed by atoms with Crippen molar-refractivity contribution in [1.29, 1.82) is 0 Å². The summed E-state index contributed by atoms with van der Waals surface area (Å²) in [6.07, 6.45) is 3.81. The number of ether oxygens (including phenoxy) is 4. The van der Waals surface area contributed by atoms with Gasteiger partial charge in [0.2, 0.25) is 5.75 Å². The van der Waals surface area contributed by atoms with Crippen molar-refractivity contribution in [3.05, 3.63) is 69.8 Å². The van der Waals surface area contributed by atoms with Gasteiger partial charge in [-0.2, -0.15) is 0 Å². The first-order valence-electron chi connectivity index (χ1n) is 9.71. The molecule has 2 aromatic rings. The lowest BCUT2D eigenvalue weighted by atomic mass is 10.1. The fraction of sp³-hybridized carbons (Fsp3) is 0.318. The van der Waals surface area contributed by atoms with Gasteiger partial charge in [0.05, 0.1) is 24.7 Å². The summed E-state index contributed by atoms with van der Waals surface area (Å²) in [4.78, 5) is 23.0. The van der Waals surface area contributed by atoms with E-state index in [1.165, 1.54) is 18.2 Å². The standard InChI is InChI=1S/C22H23NO7/c1-2-12-27-18-8-4-16(5-9-18)6-11-21(24)30-20-10-7-17(15-19(20)23(25)26)22-28-13-3-14-29-22/h4-11,15,22H,2-3,12-14H2,1H3/b11-6+. The van der Waals surface area contributed by atoms with Crippen LogP contribution in [0.2, 0.25) is 0 Å². The predicted octanol–water partition coefficient (Wildman–Crippen LogP) is 4.44. The molecule has 0 amide bonds. The SMILES string of the molecule is CCCOc1ccc(/C=C/C(=O)Oc2ccc(C3OCCCO3)cc2[N+](=O)[O-])cc1.